The molecule has 0 unspecified atom stereocenters. The highest BCUT2D eigenvalue weighted by Gasteiger charge is 2.32. The molecule has 1 aliphatic heterocycles. The summed E-state index contributed by atoms with van der Waals surface area (Å²) in [7, 11) is 1.29. The van der Waals surface area contributed by atoms with Crippen molar-refractivity contribution in [2.75, 3.05) is 12.1 Å². The van der Waals surface area contributed by atoms with Gasteiger partial charge in [-0.05, 0) is 42.0 Å². The summed E-state index contributed by atoms with van der Waals surface area (Å²) in [5.74, 6) is -1.46. The predicted octanol–water partition coefficient (Wildman–Crippen LogP) is 3.72. The Bertz CT molecular complexity index is 1230. The molecule has 3 aromatic rings. The van der Waals surface area contributed by atoms with E-state index < -0.39 is 11.9 Å². The Morgan fingerprint density at radius 2 is 1.74 bits per heavy atom. The summed E-state index contributed by atoms with van der Waals surface area (Å²) >= 11 is 0. The van der Waals surface area contributed by atoms with Crippen molar-refractivity contribution >= 4 is 29.4 Å². The molecule has 0 aromatic heterocycles. The molecule has 31 heavy (non-hydrogen) atoms. The maximum absolute atomic E-state index is 13.3. The number of ether oxygens (including phenoxy) is 1. The second-order valence-electron chi connectivity index (χ2n) is 6.78. The topological polar surface area (TPSA) is 99.4 Å². The van der Waals surface area contributed by atoms with Crippen molar-refractivity contribution in [3.63, 3.8) is 0 Å². The van der Waals surface area contributed by atoms with Gasteiger partial charge in [0.05, 0.1) is 23.9 Å². The molecular formula is C24H18N2O5. The number of esters is 1. The largest absolute Gasteiger partial charge is 0.504 e. The van der Waals surface area contributed by atoms with Crippen LogP contribution in [0.25, 0.3) is 6.08 Å². The van der Waals surface area contributed by atoms with Crippen molar-refractivity contribution in [1.29, 1.82) is 0 Å². The third-order valence-electron chi connectivity index (χ3n) is 4.75. The second kappa shape index (κ2) is 8.16. The van der Waals surface area contributed by atoms with Gasteiger partial charge in [-0.15, -0.1) is 0 Å². The van der Waals surface area contributed by atoms with Gasteiger partial charge in [0, 0.05) is 5.56 Å². The van der Waals surface area contributed by atoms with Crippen molar-refractivity contribution < 1.29 is 24.5 Å². The number of carbonyl (C=O) groups excluding carboxylic acids is 2. The lowest BCUT2D eigenvalue weighted by Crippen LogP contribution is -2.21. The molecule has 0 saturated heterocycles. The van der Waals surface area contributed by atoms with Gasteiger partial charge in [0.25, 0.3) is 5.91 Å². The van der Waals surface area contributed by atoms with E-state index in [9.17, 15) is 19.8 Å². The van der Waals surface area contributed by atoms with Crippen LogP contribution in [0, 0.1) is 0 Å². The average Bonchev–Trinajstić information content (AvgIpc) is 3.12. The van der Waals surface area contributed by atoms with E-state index in [4.69, 9.17) is 4.74 Å². The molecule has 3 aromatic carbocycles. The molecule has 0 aliphatic carbocycles. The number of benzene rings is 3. The van der Waals surface area contributed by atoms with Gasteiger partial charge in [-0.3, -0.25) is 4.79 Å². The first-order valence-corrected chi connectivity index (χ1v) is 9.39. The normalized spacial score (nSPS) is 14.6. The smallest absolute Gasteiger partial charge is 0.337 e. The van der Waals surface area contributed by atoms with Gasteiger partial charge in [-0.2, -0.15) is 10.1 Å². The molecule has 2 N–H and O–H groups in total. The highest BCUT2D eigenvalue weighted by atomic mass is 16.5. The molecule has 7 heteroatoms. The summed E-state index contributed by atoms with van der Waals surface area (Å²) < 4.78 is 4.76. The SMILES string of the molecule is COC(=O)c1cccc(N2N=C(c3ccccc3)/C(=C\c3ccc(O)c(O)c3)C2=O)c1. The van der Waals surface area contributed by atoms with Gasteiger partial charge in [0.2, 0.25) is 0 Å². The maximum atomic E-state index is 13.3. The van der Waals surface area contributed by atoms with Crippen LogP contribution in [0.2, 0.25) is 0 Å². The number of anilines is 1. The minimum absolute atomic E-state index is 0.252. The zero-order valence-corrected chi connectivity index (χ0v) is 16.5. The Balaban J connectivity index is 1.82. The number of hydrogen-bond acceptors (Lipinski definition) is 6. The Morgan fingerprint density at radius 1 is 0.968 bits per heavy atom. The molecule has 0 radical (unpaired) electrons. The molecule has 0 spiro atoms. The van der Waals surface area contributed by atoms with Crippen LogP contribution in [0.1, 0.15) is 21.5 Å². The molecule has 1 aliphatic rings. The number of methoxy groups -OCH3 is 1. The number of amides is 1. The van der Waals surface area contributed by atoms with E-state index in [2.05, 4.69) is 5.10 Å². The molecule has 0 fully saturated rings. The van der Waals surface area contributed by atoms with E-state index >= 15 is 0 Å². The fourth-order valence-corrected chi connectivity index (χ4v) is 3.21. The van der Waals surface area contributed by atoms with E-state index in [1.807, 2.05) is 30.3 Å². The van der Waals surface area contributed by atoms with E-state index in [-0.39, 0.29) is 11.5 Å². The zero-order valence-electron chi connectivity index (χ0n) is 16.5. The van der Waals surface area contributed by atoms with Gasteiger partial charge in [0.15, 0.2) is 11.5 Å². The molecule has 7 nitrogen and oxygen atoms in total. The summed E-state index contributed by atoms with van der Waals surface area (Å²) in [6, 6.07) is 19.9. The van der Waals surface area contributed by atoms with E-state index in [1.165, 1.54) is 30.3 Å². The summed E-state index contributed by atoms with van der Waals surface area (Å²) in [4.78, 5) is 25.2. The Morgan fingerprint density at radius 3 is 2.45 bits per heavy atom. The van der Waals surface area contributed by atoms with Crippen LogP contribution in [-0.2, 0) is 9.53 Å². The number of nitrogens with zero attached hydrogens (tertiary/aromatic N) is 2. The first-order valence-electron chi connectivity index (χ1n) is 9.39. The summed E-state index contributed by atoms with van der Waals surface area (Å²) in [5.41, 5.74) is 2.72. The lowest BCUT2D eigenvalue weighted by Gasteiger charge is -2.12. The fraction of sp³-hybridized carbons (Fsp3) is 0.0417. The molecule has 0 saturated carbocycles. The van der Waals surface area contributed by atoms with Crippen LogP contribution >= 0.6 is 0 Å². The quantitative estimate of drug-likeness (QED) is 0.385. The van der Waals surface area contributed by atoms with Crippen molar-refractivity contribution in [3.05, 3.63) is 95.1 Å². The molecule has 154 valence electrons. The van der Waals surface area contributed by atoms with Crippen LogP contribution in [0.4, 0.5) is 5.69 Å². The number of aromatic hydroxyl groups is 2. The predicted molar refractivity (Wildman–Crippen MR) is 116 cm³/mol. The van der Waals surface area contributed by atoms with Crippen LogP contribution in [0.5, 0.6) is 11.5 Å². The van der Waals surface area contributed by atoms with Gasteiger partial charge >= 0.3 is 5.97 Å². The van der Waals surface area contributed by atoms with Gasteiger partial charge < -0.3 is 14.9 Å². The standard InChI is InChI=1S/C24H18N2O5/c1-31-24(30)17-8-5-9-18(14-17)26-23(29)19(12-15-10-11-20(27)21(28)13-15)22(25-26)16-6-3-2-4-7-16/h2-14,27-28H,1H3/b19-12+. The summed E-state index contributed by atoms with van der Waals surface area (Å²) in [6.07, 6.45) is 1.59. The van der Waals surface area contributed by atoms with E-state index in [0.29, 0.717) is 28.1 Å². The maximum Gasteiger partial charge on any atom is 0.337 e. The molecular weight excluding hydrogens is 396 g/mol. The third-order valence-corrected chi connectivity index (χ3v) is 4.75. The summed E-state index contributed by atoms with van der Waals surface area (Å²) in [5, 5.41) is 25.1. The Labute approximate surface area is 178 Å². The second-order valence-corrected chi connectivity index (χ2v) is 6.78. The molecule has 1 amide bonds. The van der Waals surface area contributed by atoms with Crippen LogP contribution in [-0.4, -0.2) is 34.9 Å². The number of phenolic OH excluding ortho intramolecular Hbond substituents is 2. The fourth-order valence-electron chi connectivity index (χ4n) is 3.21. The monoisotopic (exact) mass is 414 g/mol. The van der Waals surface area contributed by atoms with E-state index in [0.717, 1.165) is 5.56 Å². The number of hydrogen-bond donors (Lipinski definition) is 2. The van der Waals surface area contributed by atoms with Crippen LogP contribution in [0.15, 0.2) is 83.5 Å². The average molecular weight is 414 g/mol. The van der Waals surface area contributed by atoms with E-state index in [1.54, 1.807) is 30.3 Å². The first-order chi connectivity index (χ1) is 15.0. The zero-order chi connectivity index (χ0) is 22.0. The van der Waals surface area contributed by atoms with Crippen LogP contribution in [0.3, 0.4) is 0 Å². The van der Waals surface area contributed by atoms with Crippen LogP contribution < -0.4 is 5.01 Å². The lowest BCUT2D eigenvalue weighted by molar-refractivity contribution is -0.114. The molecule has 1 heterocycles. The molecule has 4 rings (SSSR count). The number of rotatable bonds is 4. The third kappa shape index (κ3) is 3.89. The number of carbonyl (C=O) groups is 2. The van der Waals surface area contributed by atoms with Gasteiger partial charge in [-0.25, -0.2) is 4.79 Å². The highest BCUT2D eigenvalue weighted by Crippen LogP contribution is 2.30. The highest BCUT2D eigenvalue weighted by molar-refractivity contribution is 6.37. The molecule has 0 bridgehead atoms. The first kappa shape index (κ1) is 19.9. The van der Waals surface area contributed by atoms with Crippen molar-refractivity contribution in [1.82, 2.24) is 0 Å². The van der Waals surface area contributed by atoms with Gasteiger partial charge in [-0.1, -0.05) is 42.5 Å². The Hall–Kier alpha value is -4.39. The van der Waals surface area contributed by atoms with Crippen molar-refractivity contribution in [3.8, 4) is 11.5 Å². The minimum Gasteiger partial charge on any atom is -0.504 e. The van der Waals surface area contributed by atoms with Crippen molar-refractivity contribution in [2.45, 2.75) is 0 Å². The number of hydrazone groups is 1. The molecule has 0 atom stereocenters. The Kier molecular flexibility index (Phi) is 5.24. The van der Waals surface area contributed by atoms with Crippen molar-refractivity contribution in [2.24, 2.45) is 5.10 Å². The number of phenols is 2. The van der Waals surface area contributed by atoms with Gasteiger partial charge in [0.1, 0.15) is 5.71 Å². The lowest BCUT2D eigenvalue weighted by atomic mass is 10.00. The summed E-state index contributed by atoms with van der Waals surface area (Å²) in [6.45, 7) is 0. The minimum atomic E-state index is -0.518.